The highest BCUT2D eigenvalue weighted by Crippen LogP contribution is 2.31. The molecule has 0 saturated carbocycles. The number of halogens is 1. The normalized spacial score (nSPS) is 22.7. The smallest absolute Gasteiger partial charge is 0.274 e. The maximum atomic E-state index is 12.9. The van der Waals surface area contributed by atoms with E-state index in [1.807, 2.05) is 0 Å². The zero-order valence-corrected chi connectivity index (χ0v) is 16.4. The van der Waals surface area contributed by atoms with Crippen molar-refractivity contribution in [3.63, 3.8) is 0 Å². The minimum atomic E-state index is -0.198. The number of carbonyl (C=O) groups is 2. The van der Waals surface area contributed by atoms with Crippen molar-refractivity contribution in [3.05, 3.63) is 11.8 Å². The second-order valence-corrected chi connectivity index (χ2v) is 8.60. The fourth-order valence-electron chi connectivity index (χ4n) is 3.77. The van der Waals surface area contributed by atoms with Crippen molar-refractivity contribution in [2.24, 2.45) is 11.3 Å². The van der Waals surface area contributed by atoms with Crippen LogP contribution < -0.4 is 10.1 Å². The SMILES string of the molecule is CC(C)(C)C[C@@H]1CN(C(=O)c2cc3n(n2)CCCO3)C[C@H]1NC(=O)CCl. The third kappa shape index (κ3) is 4.31. The zero-order valence-electron chi connectivity index (χ0n) is 15.6. The topological polar surface area (TPSA) is 76.5 Å². The Kier molecular flexibility index (Phi) is 5.46. The summed E-state index contributed by atoms with van der Waals surface area (Å²) in [5, 5.41) is 7.36. The van der Waals surface area contributed by atoms with Gasteiger partial charge in [-0.05, 0) is 17.8 Å². The lowest BCUT2D eigenvalue weighted by atomic mass is 9.82. The van der Waals surface area contributed by atoms with Crippen molar-refractivity contribution in [2.75, 3.05) is 25.6 Å². The van der Waals surface area contributed by atoms with E-state index in [0.717, 1.165) is 19.4 Å². The molecule has 3 heterocycles. The molecule has 1 fully saturated rings. The molecule has 1 saturated heterocycles. The number of hydrogen-bond donors (Lipinski definition) is 1. The molecular weight excluding hydrogens is 356 g/mol. The van der Waals surface area contributed by atoms with E-state index in [2.05, 4.69) is 31.2 Å². The molecular formula is C18H27ClN4O3. The minimum Gasteiger partial charge on any atom is -0.478 e. The first-order chi connectivity index (χ1) is 12.3. The van der Waals surface area contributed by atoms with E-state index in [4.69, 9.17) is 16.3 Å². The Morgan fingerprint density at radius 2 is 2.15 bits per heavy atom. The van der Waals surface area contributed by atoms with Gasteiger partial charge in [-0.2, -0.15) is 5.10 Å². The van der Waals surface area contributed by atoms with Crippen LogP contribution in [0.25, 0.3) is 0 Å². The quantitative estimate of drug-likeness (QED) is 0.807. The number of alkyl halides is 1. The number of ether oxygens (including phenoxy) is 1. The molecule has 2 amide bonds. The number of aromatic nitrogens is 2. The molecule has 1 aromatic rings. The number of fused-ring (bicyclic) bond motifs is 1. The van der Waals surface area contributed by atoms with Crippen LogP contribution in [-0.2, 0) is 11.3 Å². The van der Waals surface area contributed by atoms with Crippen LogP contribution in [0, 0.1) is 11.3 Å². The molecule has 0 unspecified atom stereocenters. The second kappa shape index (κ2) is 7.47. The summed E-state index contributed by atoms with van der Waals surface area (Å²) in [5.41, 5.74) is 0.510. The van der Waals surface area contributed by atoms with Crippen LogP contribution in [0.15, 0.2) is 6.07 Å². The van der Waals surface area contributed by atoms with Crippen molar-refractivity contribution in [3.8, 4) is 5.88 Å². The maximum Gasteiger partial charge on any atom is 0.274 e. The van der Waals surface area contributed by atoms with Crippen molar-refractivity contribution in [1.29, 1.82) is 0 Å². The monoisotopic (exact) mass is 382 g/mol. The largest absolute Gasteiger partial charge is 0.478 e. The minimum absolute atomic E-state index is 0.0716. The van der Waals surface area contributed by atoms with Crippen LogP contribution >= 0.6 is 11.6 Å². The number of carbonyl (C=O) groups excluding carboxylic acids is 2. The zero-order chi connectivity index (χ0) is 18.9. The van der Waals surface area contributed by atoms with Gasteiger partial charge in [-0.1, -0.05) is 20.8 Å². The van der Waals surface area contributed by atoms with Crippen LogP contribution in [0.4, 0.5) is 0 Å². The average Bonchev–Trinajstić information content (AvgIpc) is 3.17. The average molecular weight is 383 g/mol. The second-order valence-electron chi connectivity index (χ2n) is 8.34. The Labute approximate surface area is 159 Å². The van der Waals surface area contributed by atoms with E-state index in [1.165, 1.54) is 0 Å². The summed E-state index contributed by atoms with van der Waals surface area (Å²) in [4.78, 5) is 26.5. The van der Waals surface area contributed by atoms with Crippen LogP contribution in [-0.4, -0.2) is 58.1 Å². The molecule has 26 heavy (non-hydrogen) atoms. The first-order valence-corrected chi connectivity index (χ1v) is 9.65. The van der Waals surface area contributed by atoms with Crippen molar-refractivity contribution < 1.29 is 14.3 Å². The van der Waals surface area contributed by atoms with Gasteiger partial charge in [0.25, 0.3) is 5.91 Å². The summed E-state index contributed by atoms with van der Waals surface area (Å²) >= 11 is 5.64. The van der Waals surface area contributed by atoms with E-state index in [-0.39, 0.29) is 35.1 Å². The molecule has 0 bridgehead atoms. The predicted octanol–water partition coefficient (Wildman–Crippen LogP) is 1.90. The number of likely N-dealkylation sites (tertiary alicyclic amines) is 1. The summed E-state index contributed by atoms with van der Waals surface area (Å²) in [7, 11) is 0. The summed E-state index contributed by atoms with van der Waals surface area (Å²) in [6, 6.07) is 1.63. The molecule has 3 rings (SSSR count). The van der Waals surface area contributed by atoms with Gasteiger partial charge in [-0.25, -0.2) is 4.68 Å². The lowest BCUT2D eigenvalue weighted by Crippen LogP contribution is -2.42. The van der Waals surface area contributed by atoms with Gasteiger partial charge in [0.05, 0.1) is 12.6 Å². The standard InChI is InChI=1S/C18H27ClN4O3/c1-18(2,3)8-12-10-22(11-14(12)20-15(24)9-19)17(25)13-7-16-23(21-13)5-4-6-26-16/h7,12,14H,4-6,8-11H2,1-3H3,(H,20,24)/t12-,14-/m1/s1. The van der Waals surface area contributed by atoms with Crippen molar-refractivity contribution >= 4 is 23.4 Å². The third-order valence-electron chi connectivity index (χ3n) is 4.80. The summed E-state index contributed by atoms with van der Waals surface area (Å²) in [6.07, 6.45) is 1.80. The first kappa shape index (κ1) is 19.0. The molecule has 0 radical (unpaired) electrons. The van der Waals surface area contributed by atoms with Gasteiger partial charge in [-0.3, -0.25) is 9.59 Å². The first-order valence-electron chi connectivity index (χ1n) is 9.12. The molecule has 0 spiro atoms. The van der Waals surface area contributed by atoms with Crippen LogP contribution in [0.1, 0.15) is 44.1 Å². The Hall–Kier alpha value is -1.76. The van der Waals surface area contributed by atoms with Crippen LogP contribution in [0.5, 0.6) is 5.88 Å². The number of amides is 2. The molecule has 8 heteroatoms. The van der Waals surface area contributed by atoms with E-state index in [0.29, 0.717) is 31.3 Å². The van der Waals surface area contributed by atoms with E-state index in [9.17, 15) is 9.59 Å². The Balaban J connectivity index is 1.73. The molecule has 1 N–H and O–H groups in total. The van der Waals surface area contributed by atoms with Crippen molar-refractivity contribution in [1.82, 2.24) is 20.0 Å². The number of nitrogens with one attached hydrogen (secondary N) is 1. The number of hydrogen-bond acceptors (Lipinski definition) is 4. The highest BCUT2D eigenvalue weighted by Gasteiger charge is 2.39. The molecule has 7 nitrogen and oxygen atoms in total. The fourth-order valence-corrected chi connectivity index (χ4v) is 3.85. The molecule has 2 atom stereocenters. The summed E-state index contributed by atoms with van der Waals surface area (Å²) in [5.74, 6) is 0.460. The number of rotatable bonds is 4. The van der Waals surface area contributed by atoms with Gasteiger partial charge < -0.3 is 15.0 Å². The van der Waals surface area contributed by atoms with Gasteiger partial charge in [0, 0.05) is 32.1 Å². The molecule has 1 aromatic heterocycles. The van der Waals surface area contributed by atoms with Crippen molar-refractivity contribution in [2.45, 2.75) is 46.2 Å². The number of aryl methyl sites for hydroxylation is 1. The lowest BCUT2D eigenvalue weighted by Gasteiger charge is -2.26. The van der Waals surface area contributed by atoms with Gasteiger partial charge in [0.15, 0.2) is 5.69 Å². The predicted molar refractivity (Wildman–Crippen MR) is 98.5 cm³/mol. The van der Waals surface area contributed by atoms with Gasteiger partial charge in [-0.15, -0.1) is 11.6 Å². The summed E-state index contributed by atoms with van der Waals surface area (Å²) < 4.78 is 7.29. The maximum absolute atomic E-state index is 12.9. The van der Waals surface area contributed by atoms with Gasteiger partial charge >= 0.3 is 0 Å². The highest BCUT2D eigenvalue weighted by atomic mass is 35.5. The van der Waals surface area contributed by atoms with Gasteiger partial charge in [0.1, 0.15) is 5.88 Å². The Morgan fingerprint density at radius 3 is 2.81 bits per heavy atom. The molecule has 144 valence electrons. The summed E-state index contributed by atoms with van der Waals surface area (Å²) in [6.45, 7) is 9.00. The number of nitrogens with zero attached hydrogens (tertiary/aromatic N) is 3. The van der Waals surface area contributed by atoms with Crippen LogP contribution in [0.3, 0.4) is 0 Å². The van der Waals surface area contributed by atoms with Crippen LogP contribution in [0.2, 0.25) is 0 Å². The highest BCUT2D eigenvalue weighted by molar-refractivity contribution is 6.27. The molecule has 0 aromatic carbocycles. The molecule has 2 aliphatic rings. The third-order valence-corrected chi connectivity index (χ3v) is 5.04. The molecule has 0 aliphatic carbocycles. The van der Waals surface area contributed by atoms with E-state index < -0.39 is 0 Å². The van der Waals surface area contributed by atoms with E-state index in [1.54, 1.807) is 15.6 Å². The lowest BCUT2D eigenvalue weighted by molar-refractivity contribution is -0.119. The Morgan fingerprint density at radius 1 is 1.38 bits per heavy atom. The fraction of sp³-hybridized carbons (Fsp3) is 0.722. The molecule has 2 aliphatic heterocycles. The Bertz CT molecular complexity index is 659. The van der Waals surface area contributed by atoms with E-state index >= 15 is 0 Å². The van der Waals surface area contributed by atoms with Gasteiger partial charge in [0.2, 0.25) is 11.8 Å².